The first-order chi connectivity index (χ1) is 11.5. The first-order valence-corrected chi connectivity index (χ1v) is 7.79. The molecule has 0 aliphatic carbocycles. The Morgan fingerprint density at radius 1 is 1.04 bits per heavy atom. The second-order valence-electron chi connectivity index (χ2n) is 5.87. The van der Waals surface area contributed by atoms with Gasteiger partial charge >= 0.3 is 0 Å². The van der Waals surface area contributed by atoms with Crippen LogP contribution in [0.4, 0.5) is 18.9 Å². The van der Waals surface area contributed by atoms with E-state index >= 15 is 0 Å². The molecule has 2 aromatic rings. The summed E-state index contributed by atoms with van der Waals surface area (Å²) < 4.78 is 39.7. The zero-order chi connectivity index (χ0) is 17.1. The number of carbonyl (C=O) groups is 1. The number of nitrogens with zero attached hydrogens (tertiary/aromatic N) is 1. The molecule has 1 saturated heterocycles. The smallest absolute Gasteiger partial charge is 0.256 e. The zero-order valence-electron chi connectivity index (χ0n) is 12.9. The largest absolute Gasteiger partial charge is 0.381 e. The molecule has 126 valence electrons. The number of likely N-dealkylation sites (tertiary alicyclic amines) is 1. The Hall–Kier alpha value is -2.50. The van der Waals surface area contributed by atoms with Crippen LogP contribution in [0.5, 0.6) is 0 Å². The minimum Gasteiger partial charge on any atom is -0.381 e. The average Bonchev–Trinajstić information content (AvgIpc) is 2.57. The molecule has 0 aromatic heterocycles. The Labute approximate surface area is 138 Å². The van der Waals surface area contributed by atoms with Crippen molar-refractivity contribution in [2.75, 3.05) is 18.4 Å². The van der Waals surface area contributed by atoms with E-state index in [2.05, 4.69) is 5.32 Å². The summed E-state index contributed by atoms with van der Waals surface area (Å²) in [5.41, 5.74) is 0.641. The predicted molar refractivity (Wildman–Crippen MR) is 85.3 cm³/mol. The van der Waals surface area contributed by atoms with Crippen LogP contribution in [-0.2, 0) is 0 Å². The number of hydrogen-bond acceptors (Lipinski definition) is 2. The number of piperidine rings is 1. The van der Waals surface area contributed by atoms with Gasteiger partial charge in [-0.1, -0.05) is 0 Å². The maximum Gasteiger partial charge on any atom is 0.256 e. The van der Waals surface area contributed by atoms with Crippen molar-refractivity contribution in [2.24, 2.45) is 0 Å². The van der Waals surface area contributed by atoms with E-state index < -0.39 is 17.5 Å². The van der Waals surface area contributed by atoms with Crippen molar-refractivity contribution in [1.82, 2.24) is 4.90 Å². The number of rotatable bonds is 3. The number of benzene rings is 2. The van der Waals surface area contributed by atoms with E-state index in [4.69, 9.17) is 0 Å². The third-order valence-electron chi connectivity index (χ3n) is 4.09. The lowest BCUT2D eigenvalue weighted by Crippen LogP contribution is -2.45. The Morgan fingerprint density at radius 3 is 2.46 bits per heavy atom. The van der Waals surface area contributed by atoms with Crippen LogP contribution in [0, 0.1) is 17.5 Å². The van der Waals surface area contributed by atoms with E-state index in [1.54, 1.807) is 17.0 Å². The first-order valence-electron chi connectivity index (χ1n) is 7.79. The molecule has 1 aliphatic rings. The van der Waals surface area contributed by atoms with Crippen LogP contribution in [-0.4, -0.2) is 29.9 Å². The van der Waals surface area contributed by atoms with Gasteiger partial charge in [-0.25, -0.2) is 13.2 Å². The van der Waals surface area contributed by atoms with E-state index in [-0.39, 0.29) is 17.4 Å². The molecule has 1 fully saturated rings. The molecule has 3 rings (SSSR count). The molecule has 3 nitrogen and oxygen atoms in total. The second-order valence-corrected chi connectivity index (χ2v) is 5.87. The Kier molecular flexibility index (Phi) is 4.74. The molecule has 0 bridgehead atoms. The van der Waals surface area contributed by atoms with Gasteiger partial charge in [0.2, 0.25) is 0 Å². The van der Waals surface area contributed by atoms with Crippen molar-refractivity contribution in [3.63, 3.8) is 0 Å². The van der Waals surface area contributed by atoms with Gasteiger partial charge in [-0.3, -0.25) is 4.79 Å². The molecule has 1 N–H and O–H groups in total. The number of carbonyl (C=O) groups excluding carboxylic acids is 1. The molecule has 1 atom stereocenters. The molecule has 0 saturated carbocycles. The van der Waals surface area contributed by atoms with Crippen LogP contribution in [0.1, 0.15) is 23.2 Å². The quantitative estimate of drug-likeness (QED) is 0.925. The van der Waals surface area contributed by atoms with E-state index in [9.17, 15) is 18.0 Å². The van der Waals surface area contributed by atoms with Gasteiger partial charge in [0.1, 0.15) is 17.5 Å². The Balaban J connectivity index is 1.68. The molecule has 1 heterocycles. The van der Waals surface area contributed by atoms with Crippen LogP contribution in [0.2, 0.25) is 0 Å². The van der Waals surface area contributed by atoms with Gasteiger partial charge in [-0.05, 0) is 49.2 Å². The number of amides is 1. The molecule has 24 heavy (non-hydrogen) atoms. The second kappa shape index (κ2) is 6.95. The third-order valence-corrected chi connectivity index (χ3v) is 4.09. The normalized spacial score (nSPS) is 17.6. The molecule has 0 unspecified atom stereocenters. The van der Waals surface area contributed by atoms with Gasteiger partial charge in [0.15, 0.2) is 0 Å². The minimum absolute atomic E-state index is 0.00308. The van der Waals surface area contributed by atoms with Gasteiger partial charge in [0, 0.05) is 30.9 Å². The standard InChI is InChI=1S/C18H17F3N2O/c19-12-3-6-14(7-4-12)22-15-2-1-9-23(11-15)18(24)16-8-5-13(20)10-17(16)21/h3-8,10,15,22H,1-2,9,11H2/t15-/m1/s1. The van der Waals surface area contributed by atoms with E-state index in [0.29, 0.717) is 19.2 Å². The van der Waals surface area contributed by atoms with Crippen LogP contribution < -0.4 is 5.32 Å². The number of anilines is 1. The minimum atomic E-state index is -0.853. The summed E-state index contributed by atoms with van der Waals surface area (Å²) in [5.74, 6) is -2.32. The van der Waals surface area contributed by atoms with Crippen molar-refractivity contribution in [3.8, 4) is 0 Å². The molecule has 6 heteroatoms. The van der Waals surface area contributed by atoms with Crippen molar-refractivity contribution >= 4 is 11.6 Å². The molecular formula is C18H17F3N2O. The fraction of sp³-hybridized carbons (Fsp3) is 0.278. The van der Waals surface area contributed by atoms with Crippen LogP contribution in [0.25, 0.3) is 0 Å². The molecular weight excluding hydrogens is 317 g/mol. The summed E-state index contributed by atoms with van der Waals surface area (Å²) in [7, 11) is 0. The average molecular weight is 334 g/mol. The van der Waals surface area contributed by atoms with Gasteiger partial charge in [0.25, 0.3) is 5.91 Å². The number of hydrogen-bond donors (Lipinski definition) is 1. The monoisotopic (exact) mass is 334 g/mol. The van der Waals surface area contributed by atoms with Gasteiger partial charge in [-0.2, -0.15) is 0 Å². The van der Waals surface area contributed by atoms with Crippen molar-refractivity contribution < 1.29 is 18.0 Å². The van der Waals surface area contributed by atoms with Crippen LogP contribution in [0.15, 0.2) is 42.5 Å². The maximum atomic E-state index is 13.8. The molecule has 1 amide bonds. The maximum absolute atomic E-state index is 13.8. The highest BCUT2D eigenvalue weighted by Crippen LogP contribution is 2.20. The Morgan fingerprint density at radius 2 is 1.75 bits per heavy atom. The van der Waals surface area contributed by atoms with Gasteiger partial charge in [0.05, 0.1) is 5.56 Å². The third kappa shape index (κ3) is 3.69. The molecule has 0 radical (unpaired) electrons. The number of nitrogens with one attached hydrogen (secondary N) is 1. The van der Waals surface area contributed by atoms with Crippen molar-refractivity contribution in [2.45, 2.75) is 18.9 Å². The number of halogens is 3. The fourth-order valence-corrected chi connectivity index (χ4v) is 2.89. The molecule has 0 spiro atoms. The molecule has 2 aromatic carbocycles. The first kappa shape index (κ1) is 16.4. The van der Waals surface area contributed by atoms with Crippen LogP contribution in [0.3, 0.4) is 0 Å². The summed E-state index contributed by atoms with van der Waals surface area (Å²) in [6.45, 7) is 0.935. The summed E-state index contributed by atoms with van der Waals surface area (Å²) in [5, 5.41) is 3.25. The molecule has 1 aliphatic heterocycles. The van der Waals surface area contributed by atoms with Crippen molar-refractivity contribution in [3.05, 3.63) is 65.5 Å². The summed E-state index contributed by atoms with van der Waals surface area (Å²) >= 11 is 0. The van der Waals surface area contributed by atoms with Crippen LogP contribution >= 0.6 is 0 Å². The highest BCUT2D eigenvalue weighted by molar-refractivity contribution is 5.94. The highest BCUT2D eigenvalue weighted by Gasteiger charge is 2.26. The Bertz CT molecular complexity index is 734. The van der Waals surface area contributed by atoms with Crippen molar-refractivity contribution in [1.29, 1.82) is 0 Å². The fourth-order valence-electron chi connectivity index (χ4n) is 2.89. The summed E-state index contributed by atoms with van der Waals surface area (Å²) in [6.07, 6.45) is 1.63. The lowest BCUT2D eigenvalue weighted by molar-refractivity contribution is 0.0710. The highest BCUT2D eigenvalue weighted by atomic mass is 19.1. The van der Waals surface area contributed by atoms with Gasteiger partial charge < -0.3 is 10.2 Å². The lowest BCUT2D eigenvalue weighted by Gasteiger charge is -2.33. The zero-order valence-corrected chi connectivity index (χ0v) is 12.9. The summed E-state index contributed by atoms with van der Waals surface area (Å²) in [6, 6.07) is 8.95. The van der Waals surface area contributed by atoms with E-state index in [1.807, 2.05) is 0 Å². The van der Waals surface area contributed by atoms with E-state index in [1.165, 1.54) is 18.2 Å². The van der Waals surface area contributed by atoms with E-state index in [0.717, 1.165) is 24.6 Å². The predicted octanol–water partition coefficient (Wildman–Crippen LogP) is 3.82. The van der Waals surface area contributed by atoms with Gasteiger partial charge in [-0.15, -0.1) is 0 Å². The summed E-state index contributed by atoms with van der Waals surface area (Å²) in [4.78, 5) is 14.0. The topological polar surface area (TPSA) is 32.3 Å². The lowest BCUT2D eigenvalue weighted by atomic mass is 10.0. The SMILES string of the molecule is O=C(c1ccc(F)cc1F)N1CCC[C@@H](Nc2ccc(F)cc2)C1.